The average molecular weight is 434 g/mol. The molecule has 7 nitrogen and oxygen atoms in total. The second-order valence-electron chi connectivity index (χ2n) is 7.95. The second-order valence-corrected chi connectivity index (χ2v) is 7.95. The van der Waals surface area contributed by atoms with Crippen molar-refractivity contribution in [2.75, 3.05) is 19.6 Å². The van der Waals surface area contributed by atoms with Crippen molar-refractivity contribution in [3.05, 3.63) is 83.2 Å². The van der Waals surface area contributed by atoms with Crippen molar-refractivity contribution in [2.24, 2.45) is 0 Å². The predicted molar refractivity (Wildman–Crippen MR) is 120 cm³/mol. The molecule has 7 heteroatoms. The minimum absolute atomic E-state index is 0.0312. The number of rotatable bonds is 7. The van der Waals surface area contributed by atoms with Gasteiger partial charge in [0.1, 0.15) is 17.6 Å². The van der Waals surface area contributed by atoms with Crippen LogP contribution in [0.4, 0.5) is 0 Å². The fourth-order valence-corrected chi connectivity index (χ4v) is 3.75. The first kappa shape index (κ1) is 21.6. The maximum absolute atomic E-state index is 12.5. The third kappa shape index (κ3) is 5.55. The van der Waals surface area contributed by atoms with Crippen molar-refractivity contribution in [3.8, 4) is 5.75 Å². The molecule has 1 saturated heterocycles. The van der Waals surface area contributed by atoms with Crippen molar-refractivity contribution in [1.29, 1.82) is 0 Å². The Bertz CT molecular complexity index is 1040. The lowest BCUT2D eigenvalue weighted by molar-refractivity contribution is 0.0586. The van der Waals surface area contributed by atoms with Gasteiger partial charge in [0.2, 0.25) is 0 Å². The van der Waals surface area contributed by atoms with Gasteiger partial charge in [-0.2, -0.15) is 0 Å². The van der Waals surface area contributed by atoms with Crippen molar-refractivity contribution in [2.45, 2.75) is 32.3 Å². The maximum atomic E-state index is 12.5. The monoisotopic (exact) mass is 433 g/mol. The lowest BCUT2D eigenvalue weighted by atomic mass is 10.1. The smallest absolute Gasteiger partial charge is 0.276 e. The zero-order chi connectivity index (χ0) is 22.3. The van der Waals surface area contributed by atoms with E-state index in [0.717, 1.165) is 25.0 Å². The molecule has 1 aliphatic rings. The van der Waals surface area contributed by atoms with E-state index in [-0.39, 0.29) is 17.9 Å². The summed E-state index contributed by atoms with van der Waals surface area (Å²) >= 11 is 0. The number of piperidine rings is 1. The van der Waals surface area contributed by atoms with Gasteiger partial charge in [-0.3, -0.25) is 9.59 Å². The van der Waals surface area contributed by atoms with Gasteiger partial charge in [0.05, 0.1) is 0 Å². The van der Waals surface area contributed by atoms with Crippen LogP contribution in [0.3, 0.4) is 0 Å². The summed E-state index contributed by atoms with van der Waals surface area (Å²) < 4.78 is 11.1. The number of benzene rings is 2. The molecule has 1 aromatic heterocycles. The quantitative estimate of drug-likeness (QED) is 0.615. The summed E-state index contributed by atoms with van der Waals surface area (Å²) in [6.45, 7) is 3.57. The molecule has 0 bridgehead atoms. The van der Waals surface area contributed by atoms with Gasteiger partial charge in [-0.15, -0.1) is 0 Å². The number of ether oxygens (including phenoxy) is 1. The first-order chi connectivity index (χ1) is 15.6. The number of aromatic nitrogens is 1. The Hall–Kier alpha value is -3.61. The SMILES string of the molecule is Cc1cc(C(=O)N2CCC(Oc3ccc(C(=O)NCCc4ccccc4)cc3)CC2)no1. The number of aryl methyl sites for hydroxylation is 1. The van der Waals surface area contributed by atoms with Crippen LogP contribution in [0.1, 0.15) is 45.0 Å². The molecular formula is C25H27N3O4. The summed E-state index contributed by atoms with van der Waals surface area (Å²) in [6.07, 6.45) is 2.31. The minimum Gasteiger partial charge on any atom is -0.490 e. The number of carbonyl (C=O) groups is 2. The van der Waals surface area contributed by atoms with E-state index < -0.39 is 0 Å². The van der Waals surface area contributed by atoms with E-state index in [4.69, 9.17) is 9.26 Å². The molecule has 2 heterocycles. The second kappa shape index (κ2) is 10.1. The van der Waals surface area contributed by atoms with Gasteiger partial charge in [0.25, 0.3) is 11.8 Å². The van der Waals surface area contributed by atoms with E-state index in [1.54, 1.807) is 30.0 Å². The highest BCUT2D eigenvalue weighted by molar-refractivity contribution is 5.94. The molecule has 0 saturated carbocycles. The number of carbonyl (C=O) groups excluding carboxylic acids is 2. The van der Waals surface area contributed by atoms with Crippen LogP contribution in [0.2, 0.25) is 0 Å². The van der Waals surface area contributed by atoms with E-state index >= 15 is 0 Å². The molecule has 0 radical (unpaired) electrons. The predicted octanol–water partition coefficient (Wildman–Crippen LogP) is 3.64. The Balaban J connectivity index is 1.22. The van der Waals surface area contributed by atoms with Crippen LogP contribution in [0.25, 0.3) is 0 Å². The van der Waals surface area contributed by atoms with Crippen LogP contribution in [0, 0.1) is 6.92 Å². The van der Waals surface area contributed by atoms with Gasteiger partial charge in [0, 0.05) is 44.1 Å². The van der Waals surface area contributed by atoms with Crippen LogP contribution in [0.15, 0.2) is 65.2 Å². The summed E-state index contributed by atoms with van der Waals surface area (Å²) in [5.41, 5.74) is 2.15. The molecule has 32 heavy (non-hydrogen) atoms. The number of nitrogens with one attached hydrogen (secondary N) is 1. The van der Waals surface area contributed by atoms with Crippen LogP contribution < -0.4 is 10.1 Å². The summed E-state index contributed by atoms with van der Waals surface area (Å²) in [7, 11) is 0. The van der Waals surface area contributed by atoms with Crippen LogP contribution in [-0.2, 0) is 6.42 Å². The maximum Gasteiger partial charge on any atom is 0.276 e. The summed E-state index contributed by atoms with van der Waals surface area (Å²) in [6, 6.07) is 18.9. The molecule has 0 atom stereocenters. The zero-order valence-electron chi connectivity index (χ0n) is 18.1. The highest BCUT2D eigenvalue weighted by Crippen LogP contribution is 2.21. The fraction of sp³-hybridized carbons (Fsp3) is 0.320. The Morgan fingerprint density at radius 2 is 1.81 bits per heavy atom. The van der Waals surface area contributed by atoms with E-state index in [0.29, 0.717) is 36.7 Å². The van der Waals surface area contributed by atoms with Gasteiger partial charge in [-0.25, -0.2) is 0 Å². The van der Waals surface area contributed by atoms with E-state index in [9.17, 15) is 9.59 Å². The summed E-state index contributed by atoms with van der Waals surface area (Å²) in [4.78, 5) is 26.6. The van der Waals surface area contributed by atoms with Gasteiger partial charge < -0.3 is 19.5 Å². The zero-order valence-corrected chi connectivity index (χ0v) is 18.1. The Morgan fingerprint density at radius 3 is 2.47 bits per heavy atom. The van der Waals surface area contributed by atoms with E-state index in [1.807, 2.05) is 42.5 Å². The Labute approximate surface area is 187 Å². The largest absolute Gasteiger partial charge is 0.490 e. The topological polar surface area (TPSA) is 84.7 Å². The molecule has 0 unspecified atom stereocenters. The number of hydrogen-bond donors (Lipinski definition) is 1. The normalized spacial score (nSPS) is 14.2. The molecule has 2 amide bonds. The molecule has 166 valence electrons. The lowest BCUT2D eigenvalue weighted by Gasteiger charge is -2.31. The molecule has 4 rings (SSSR count). The molecule has 1 N–H and O–H groups in total. The molecule has 2 aromatic carbocycles. The molecule has 1 fully saturated rings. The van der Waals surface area contributed by atoms with Gasteiger partial charge in [0.15, 0.2) is 5.69 Å². The molecule has 0 aliphatic carbocycles. The van der Waals surface area contributed by atoms with Gasteiger partial charge in [-0.1, -0.05) is 35.5 Å². The number of nitrogens with zero attached hydrogens (tertiary/aromatic N) is 2. The van der Waals surface area contributed by atoms with Crippen molar-refractivity contribution < 1.29 is 18.8 Å². The molecule has 0 spiro atoms. The highest BCUT2D eigenvalue weighted by Gasteiger charge is 2.26. The fourth-order valence-electron chi connectivity index (χ4n) is 3.75. The van der Waals surface area contributed by atoms with E-state index in [1.165, 1.54) is 5.56 Å². The molecular weight excluding hydrogens is 406 g/mol. The van der Waals surface area contributed by atoms with Gasteiger partial charge in [-0.05, 0) is 43.2 Å². The Kier molecular flexibility index (Phi) is 6.84. The van der Waals surface area contributed by atoms with Gasteiger partial charge >= 0.3 is 0 Å². The van der Waals surface area contributed by atoms with Crippen molar-refractivity contribution >= 4 is 11.8 Å². The van der Waals surface area contributed by atoms with E-state index in [2.05, 4.69) is 10.5 Å². The Morgan fingerprint density at radius 1 is 1.09 bits per heavy atom. The third-order valence-electron chi connectivity index (χ3n) is 5.54. The van der Waals surface area contributed by atoms with Crippen LogP contribution in [0.5, 0.6) is 5.75 Å². The first-order valence-corrected chi connectivity index (χ1v) is 10.9. The first-order valence-electron chi connectivity index (χ1n) is 10.9. The summed E-state index contributed by atoms with van der Waals surface area (Å²) in [5.74, 6) is 1.15. The average Bonchev–Trinajstić information content (AvgIpc) is 3.26. The lowest BCUT2D eigenvalue weighted by Crippen LogP contribution is -2.41. The number of amides is 2. The number of hydrogen-bond acceptors (Lipinski definition) is 5. The molecule has 1 aliphatic heterocycles. The van der Waals surface area contributed by atoms with Crippen LogP contribution >= 0.6 is 0 Å². The van der Waals surface area contributed by atoms with Crippen molar-refractivity contribution in [1.82, 2.24) is 15.4 Å². The number of likely N-dealkylation sites (tertiary alicyclic amines) is 1. The van der Waals surface area contributed by atoms with Crippen molar-refractivity contribution in [3.63, 3.8) is 0 Å². The highest BCUT2D eigenvalue weighted by atomic mass is 16.5. The standard InChI is InChI=1S/C25H27N3O4/c1-18-17-23(27-32-18)25(30)28-15-12-22(13-16-28)31-21-9-7-20(8-10-21)24(29)26-14-11-19-5-3-2-4-6-19/h2-10,17,22H,11-16H2,1H3,(H,26,29). The summed E-state index contributed by atoms with van der Waals surface area (Å²) in [5, 5.41) is 6.75. The molecule has 3 aromatic rings. The third-order valence-corrected chi connectivity index (χ3v) is 5.54. The minimum atomic E-state index is -0.108. The van der Waals surface area contributed by atoms with Crippen LogP contribution in [-0.4, -0.2) is 47.6 Å².